The molecule has 1 amide bonds. The molecule has 18 heavy (non-hydrogen) atoms. The number of carbonyl (C=O) groups excluding carboxylic acids is 1. The number of fused-ring (bicyclic) bond motifs is 1. The van der Waals surface area contributed by atoms with Crippen LogP contribution >= 0.6 is 0 Å². The highest BCUT2D eigenvalue weighted by atomic mass is 16.4. The molecule has 0 aliphatic heterocycles. The van der Waals surface area contributed by atoms with E-state index in [4.69, 9.17) is 5.11 Å². The van der Waals surface area contributed by atoms with E-state index in [2.05, 4.69) is 5.32 Å². The Morgan fingerprint density at radius 3 is 2.78 bits per heavy atom. The van der Waals surface area contributed by atoms with Crippen LogP contribution in [0.1, 0.15) is 6.92 Å². The SMILES string of the molecule is C[C@H](NC(=O)Cn1ccc2ccccc21)C(=O)O. The number of hydrogen-bond acceptors (Lipinski definition) is 2. The number of carboxylic acid groups (broad SMARTS) is 1. The number of aliphatic carboxylic acids is 1. The van der Waals surface area contributed by atoms with E-state index in [9.17, 15) is 9.59 Å². The largest absolute Gasteiger partial charge is 0.480 e. The molecule has 2 rings (SSSR count). The van der Waals surface area contributed by atoms with Crippen molar-refractivity contribution >= 4 is 22.8 Å². The van der Waals surface area contributed by atoms with Gasteiger partial charge in [0.2, 0.25) is 5.91 Å². The molecule has 0 aliphatic rings. The third-order valence-corrected chi connectivity index (χ3v) is 2.74. The molecule has 1 aromatic carbocycles. The molecule has 2 aromatic rings. The molecule has 5 nitrogen and oxygen atoms in total. The number of carbonyl (C=O) groups is 2. The summed E-state index contributed by atoms with van der Waals surface area (Å²) in [6.45, 7) is 1.55. The molecule has 0 aliphatic carbocycles. The maximum atomic E-state index is 11.7. The van der Waals surface area contributed by atoms with E-state index in [-0.39, 0.29) is 12.5 Å². The molecule has 2 N–H and O–H groups in total. The second kappa shape index (κ2) is 4.91. The average molecular weight is 246 g/mol. The molecule has 0 fully saturated rings. The van der Waals surface area contributed by atoms with E-state index in [1.807, 2.05) is 36.5 Å². The zero-order valence-electron chi connectivity index (χ0n) is 9.96. The van der Waals surface area contributed by atoms with Crippen molar-refractivity contribution in [1.29, 1.82) is 0 Å². The number of amides is 1. The van der Waals surface area contributed by atoms with Crippen LogP contribution in [-0.2, 0) is 16.1 Å². The highest BCUT2D eigenvalue weighted by Crippen LogP contribution is 2.14. The van der Waals surface area contributed by atoms with E-state index >= 15 is 0 Å². The Kier molecular flexibility index (Phi) is 3.32. The van der Waals surface area contributed by atoms with Gasteiger partial charge in [0, 0.05) is 11.7 Å². The summed E-state index contributed by atoms with van der Waals surface area (Å²) in [7, 11) is 0. The summed E-state index contributed by atoms with van der Waals surface area (Å²) in [5.74, 6) is -1.35. The van der Waals surface area contributed by atoms with Crippen LogP contribution in [-0.4, -0.2) is 27.6 Å². The van der Waals surface area contributed by atoms with Crippen LogP contribution < -0.4 is 5.32 Å². The number of aromatic nitrogens is 1. The van der Waals surface area contributed by atoms with Crippen LogP contribution in [0.15, 0.2) is 36.5 Å². The van der Waals surface area contributed by atoms with Gasteiger partial charge in [-0.3, -0.25) is 9.59 Å². The van der Waals surface area contributed by atoms with Gasteiger partial charge in [-0.1, -0.05) is 18.2 Å². The van der Waals surface area contributed by atoms with Crippen molar-refractivity contribution in [3.8, 4) is 0 Å². The van der Waals surface area contributed by atoms with Crippen LogP contribution in [0.25, 0.3) is 10.9 Å². The number of nitrogens with zero attached hydrogens (tertiary/aromatic N) is 1. The topological polar surface area (TPSA) is 71.3 Å². The summed E-state index contributed by atoms with van der Waals surface area (Å²) in [5, 5.41) is 12.2. The summed E-state index contributed by atoms with van der Waals surface area (Å²) in [6, 6.07) is 8.76. The van der Waals surface area contributed by atoms with Crippen LogP contribution in [0.5, 0.6) is 0 Å². The van der Waals surface area contributed by atoms with Crippen LogP contribution in [0.3, 0.4) is 0 Å². The van der Waals surface area contributed by atoms with Gasteiger partial charge in [0.05, 0.1) is 0 Å². The van der Waals surface area contributed by atoms with E-state index < -0.39 is 12.0 Å². The molecule has 5 heteroatoms. The lowest BCUT2D eigenvalue weighted by Gasteiger charge is -2.10. The van der Waals surface area contributed by atoms with Gasteiger partial charge in [-0.15, -0.1) is 0 Å². The summed E-state index contributed by atoms with van der Waals surface area (Å²) in [4.78, 5) is 22.3. The number of hydrogen-bond donors (Lipinski definition) is 2. The molecule has 1 heterocycles. The minimum atomic E-state index is -1.04. The van der Waals surface area contributed by atoms with Crippen molar-refractivity contribution in [3.63, 3.8) is 0 Å². The predicted octanol–water partition coefficient (Wildman–Crippen LogP) is 1.23. The van der Waals surface area contributed by atoms with Crippen molar-refractivity contribution in [2.24, 2.45) is 0 Å². The fourth-order valence-corrected chi connectivity index (χ4v) is 1.78. The molecular formula is C13H14N2O3. The van der Waals surface area contributed by atoms with E-state index in [1.165, 1.54) is 6.92 Å². The van der Waals surface area contributed by atoms with Crippen LogP contribution in [0.4, 0.5) is 0 Å². The smallest absolute Gasteiger partial charge is 0.325 e. The Balaban J connectivity index is 2.10. The highest BCUT2D eigenvalue weighted by molar-refractivity contribution is 5.85. The zero-order chi connectivity index (χ0) is 13.1. The van der Waals surface area contributed by atoms with Gasteiger partial charge < -0.3 is 15.0 Å². The Bertz CT molecular complexity index is 589. The summed E-state index contributed by atoms with van der Waals surface area (Å²) in [5.41, 5.74) is 0.954. The second-order valence-electron chi connectivity index (χ2n) is 4.13. The quantitative estimate of drug-likeness (QED) is 0.852. The van der Waals surface area contributed by atoms with Gasteiger partial charge in [-0.2, -0.15) is 0 Å². The van der Waals surface area contributed by atoms with Gasteiger partial charge in [-0.25, -0.2) is 0 Å². The number of benzene rings is 1. The molecular weight excluding hydrogens is 232 g/mol. The van der Waals surface area contributed by atoms with Crippen molar-refractivity contribution in [2.45, 2.75) is 19.5 Å². The minimum Gasteiger partial charge on any atom is -0.480 e. The minimum absolute atomic E-state index is 0.116. The van der Waals surface area contributed by atoms with E-state index in [0.29, 0.717) is 0 Å². The van der Waals surface area contributed by atoms with Gasteiger partial charge in [-0.05, 0) is 24.4 Å². The molecule has 0 saturated carbocycles. The maximum absolute atomic E-state index is 11.7. The number of carboxylic acids is 1. The molecule has 0 unspecified atom stereocenters. The maximum Gasteiger partial charge on any atom is 0.325 e. The monoisotopic (exact) mass is 246 g/mol. The lowest BCUT2D eigenvalue weighted by Crippen LogP contribution is -2.39. The first-order valence-corrected chi connectivity index (χ1v) is 5.64. The fourth-order valence-electron chi connectivity index (χ4n) is 1.78. The summed E-state index contributed by atoms with van der Waals surface area (Å²) >= 11 is 0. The molecule has 0 radical (unpaired) electrons. The standard InChI is InChI=1S/C13H14N2O3/c1-9(13(17)18)14-12(16)8-15-7-6-10-4-2-3-5-11(10)15/h2-7,9H,8H2,1H3,(H,14,16)(H,17,18)/t9-/m0/s1. The van der Waals surface area contributed by atoms with Crippen molar-refractivity contribution in [3.05, 3.63) is 36.5 Å². The Hall–Kier alpha value is -2.30. The third kappa shape index (κ3) is 2.51. The third-order valence-electron chi connectivity index (χ3n) is 2.74. The first kappa shape index (κ1) is 12.2. The molecule has 94 valence electrons. The number of para-hydroxylation sites is 1. The number of nitrogens with one attached hydrogen (secondary N) is 1. The number of rotatable bonds is 4. The lowest BCUT2D eigenvalue weighted by molar-refractivity contribution is -0.141. The lowest BCUT2D eigenvalue weighted by atomic mass is 10.2. The van der Waals surface area contributed by atoms with Crippen molar-refractivity contribution in [2.75, 3.05) is 0 Å². The average Bonchev–Trinajstić information content (AvgIpc) is 2.72. The second-order valence-corrected chi connectivity index (χ2v) is 4.13. The van der Waals surface area contributed by atoms with Gasteiger partial charge in [0.25, 0.3) is 0 Å². The van der Waals surface area contributed by atoms with Crippen LogP contribution in [0.2, 0.25) is 0 Å². The summed E-state index contributed by atoms with van der Waals surface area (Å²) in [6.07, 6.45) is 1.82. The van der Waals surface area contributed by atoms with E-state index in [0.717, 1.165) is 10.9 Å². The Morgan fingerprint density at radius 2 is 2.06 bits per heavy atom. The van der Waals surface area contributed by atoms with E-state index in [1.54, 1.807) is 4.57 Å². The fraction of sp³-hybridized carbons (Fsp3) is 0.231. The highest BCUT2D eigenvalue weighted by Gasteiger charge is 2.14. The van der Waals surface area contributed by atoms with Crippen LogP contribution in [0, 0.1) is 0 Å². The first-order chi connectivity index (χ1) is 8.58. The molecule has 0 saturated heterocycles. The molecule has 0 bridgehead atoms. The predicted molar refractivity (Wildman–Crippen MR) is 67.2 cm³/mol. The molecule has 1 atom stereocenters. The zero-order valence-corrected chi connectivity index (χ0v) is 9.96. The Morgan fingerprint density at radius 1 is 1.33 bits per heavy atom. The molecule has 1 aromatic heterocycles. The van der Waals surface area contributed by atoms with Crippen molar-refractivity contribution < 1.29 is 14.7 Å². The van der Waals surface area contributed by atoms with Gasteiger partial charge in [0.15, 0.2) is 0 Å². The first-order valence-electron chi connectivity index (χ1n) is 5.64. The van der Waals surface area contributed by atoms with Gasteiger partial charge in [0.1, 0.15) is 12.6 Å². The molecule has 0 spiro atoms. The Labute approximate surface area is 104 Å². The van der Waals surface area contributed by atoms with Gasteiger partial charge >= 0.3 is 5.97 Å². The normalized spacial score (nSPS) is 12.3. The van der Waals surface area contributed by atoms with Crippen molar-refractivity contribution in [1.82, 2.24) is 9.88 Å². The summed E-state index contributed by atoms with van der Waals surface area (Å²) < 4.78 is 1.79.